The second-order valence-electron chi connectivity index (χ2n) is 5.02. The maximum Gasteiger partial charge on any atom is 0.248 e. The fourth-order valence-electron chi connectivity index (χ4n) is 1.77. The van der Waals surface area contributed by atoms with E-state index >= 15 is 0 Å². The second-order valence-corrected chi connectivity index (χ2v) is 5.02. The Morgan fingerprint density at radius 1 is 1.15 bits per heavy atom. The van der Waals surface area contributed by atoms with E-state index in [2.05, 4.69) is 17.6 Å². The molecule has 1 aromatic carbocycles. The molecule has 1 aromatic rings. The summed E-state index contributed by atoms with van der Waals surface area (Å²) in [6.45, 7) is 2.07. The Morgan fingerprint density at radius 3 is 2.30 bits per heavy atom. The standard InChI is InChI=1S/C16H20N2O2/c1-2-3-4-5-15(19)17-13-8-10-14(11-9-13)18-16(20)12-6-7-12/h4-5,8-12H,2-3,6-7H2,1H3,(H,17,19)(H,18,20)/b5-4-. The SMILES string of the molecule is CCC/C=C\C(=O)Nc1ccc(NC(=O)C2CC2)cc1. The third kappa shape index (κ3) is 4.53. The number of allylic oxidation sites excluding steroid dienone is 1. The van der Waals surface area contributed by atoms with Gasteiger partial charge in [0.05, 0.1) is 0 Å². The fraction of sp³-hybridized carbons (Fsp3) is 0.375. The van der Waals surface area contributed by atoms with E-state index in [1.54, 1.807) is 30.3 Å². The number of nitrogens with one attached hydrogen (secondary N) is 2. The summed E-state index contributed by atoms with van der Waals surface area (Å²) >= 11 is 0. The van der Waals surface area contributed by atoms with Gasteiger partial charge in [-0.15, -0.1) is 0 Å². The zero-order valence-electron chi connectivity index (χ0n) is 11.7. The Hall–Kier alpha value is -2.10. The van der Waals surface area contributed by atoms with Crippen molar-refractivity contribution in [3.63, 3.8) is 0 Å². The quantitative estimate of drug-likeness (QED) is 0.780. The van der Waals surface area contributed by atoms with E-state index in [0.717, 1.165) is 37.1 Å². The molecule has 1 saturated carbocycles. The predicted octanol–water partition coefficient (Wildman–Crippen LogP) is 3.33. The van der Waals surface area contributed by atoms with Crippen LogP contribution in [0.15, 0.2) is 36.4 Å². The van der Waals surface area contributed by atoms with Crippen molar-refractivity contribution in [3.8, 4) is 0 Å². The lowest BCUT2D eigenvalue weighted by atomic mass is 10.2. The van der Waals surface area contributed by atoms with Crippen LogP contribution in [-0.2, 0) is 9.59 Å². The van der Waals surface area contributed by atoms with Gasteiger partial charge >= 0.3 is 0 Å². The highest BCUT2D eigenvalue weighted by Crippen LogP contribution is 2.30. The van der Waals surface area contributed by atoms with Crippen molar-refractivity contribution in [2.45, 2.75) is 32.6 Å². The van der Waals surface area contributed by atoms with Gasteiger partial charge in [-0.1, -0.05) is 19.4 Å². The maximum absolute atomic E-state index is 11.6. The molecule has 0 aliphatic heterocycles. The number of carbonyl (C=O) groups is 2. The molecule has 4 heteroatoms. The highest BCUT2D eigenvalue weighted by molar-refractivity contribution is 5.99. The number of hydrogen-bond acceptors (Lipinski definition) is 2. The van der Waals surface area contributed by atoms with Crippen LogP contribution in [0.2, 0.25) is 0 Å². The lowest BCUT2D eigenvalue weighted by Crippen LogP contribution is -2.13. The number of hydrogen-bond donors (Lipinski definition) is 2. The van der Waals surface area contributed by atoms with E-state index in [0.29, 0.717) is 0 Å². The average molecular weight is 272 g/mol. The van der Waals surface area contributed by atoms with Gasteiger partial charge < -0.3 is 10.6 Å². The molecule has 0 saturated heterocycles. The third-order valence-electron chi connectivity index (χ3n) is 3.09. The molecule has 2 amide bonds. The van der Waals surface area contributed by atoms with Crippen molar-refractivity contribution in [1.82, 2.24) is 0 Å². The summed E-state index contributed by atoms with van der Waals surface area (Å²) in [5.74, 6) is 0.149. The minimum atomic E-state index is -0.131. The van der Waals surface area contributed by atoms with Crippen LogP contribution in [0.25, 0.3) is 0 Å². The molecule has 1 aliphatic carbocycles. The van der Waals surface area contributed by atoms with Crippen LogP contribution in [0.4, 0.5) is 11.4 Å². The molecule has 0 spiro atoms. The van der Waals surface area contributed by atoms with Crippen molar-refractivity contribution >= 4 is 23.2 Å². The largest absolute Gasteiger partial charge is 0.326 e. The fourth-order valence-corrected chi connectivity index (χ4v) is 1.77. The Morgan fingerprint density at radius 2 is 1.75 bits per heavy atom. The molecular weight excluding hydrogens is 252 g/mol. The van der Waals surface area contributed by atoms with E-state index in [4.69, 9.17) is 0 Å². The van der Waals surface area contributed by atoms with Gasteiger partial charge in [0.25, 0.3) is 0 Å². The number of carbonyl (C=O) groups excluding carboxylic acids is 2. The second kappa shape index (κ2) is 6.89. The number of unbranched alkanes of at least 4 members (excludes halogenated alkanes) is 1. The van der Waals surface area contributed by atoms with Crippen LogP contribution < -0.4 is 10.6 Å². The van der Waals surface area contributed by atoms with Gasteiger partial charge in [-0.2, -0.15) is 0 Å². The Kier molecular flexibility index (Phi) is 4.93. The first-order valence-corrected chi connectivity index (χ1v) is 7.07. The van der Waals surface area contributed by atoms with Crippen LogP contribution in [0.5, 0.6) is 0 Å². The molecule has 2 N–H and O–H groups in total. The molecule has 0 bridgehead atoms. The predicted molar refractivity (Wildman–Crippen MR) is 80.5 cm³/mol. The van der Waals surface area contributed by atoms with Crippen molar-refractivity contribution in [1.29, 1.82) is 0 Å². The first-order chi connectivity index (χ1) is 9.69. The summed E-state index contributed by atoms with van der Waals surface area (Å²) in [7, 11) is 0. The smallest absolute Gasteiger partial charge is 0.248 e. The third-order valence-corrected chi connectivity index (χ3v) is 3.09. The molecule has 0 aromatic heterocycles. The monoisotopic (exact) mass is 272 g/mol. The summed E-state index contributed by atoms with van der Waals surface area (Å²) in [4.78, 5) is 23.2. The summed E-state index contributed by atoms with van der Waals surface area (Å²) in [6.07, 6.45) is 7.32. The minimum absolute atomic E-state index is 0.0873. The number of amides is 2. The number of benzene rings is 1. The zero-order valence-corrected chi connectivity index (χ0v) is 11.7. The number of rotatable bonds is 6. The van der Waals surface area contributed by atoms with E-state index in [1.807, 2.05) is 6.08 Å². The molecule has 4 nitrogen and oxygen atoms in total. The van der Waals surface area contributed by atoms with E-state index in [-0.39, 0.29) is 17.7 Å². The summed E-state index contributed by atoms with van der Waals surface area (Å²) < 4.78 is 0. The molecular formula is C16H20N2O2. The van der Waals surface area contributed by atoms with E-state index in [9.17, 15) is 9.59 Å². The molecule has 2 rings (SSSR count). The molecule has 1 fully saturated rings. The maximum atomic E-state index is 11.6. The van der Waals surface area contributed by atoms with Crippen molar-refractivity contribution in [3.05, 3.63) is 36.4 Å². The highest BCUT2D eigenvalue weighted by atomic mass is 16.2. The Bertz CT molecular complexity index is 502. The summed E-state index contributed by atoms with van der Waals surface area (Å²) in [5.41, 5.74) is 1.49. The van der Waals surface area contributed by atoms with Crippen LogP contribution in [0, 0.1) is 5.92 Å². The van der Waals surface area contributed by atoms with Gasteiger partial charge in [0, 0.05) is 17.3 Å². The summed E-state index contributed by atoms with van der Waals surface area (Å²) in [5, 5.41) is 5.64. The normalized spacial score (nSPS) is 14.2. The molecule has 1 aliphatic rings. The van der Waals surface area contributed by atoms with Gasteiger partial charge in [-0.25, -0.2) is 0 Å². The molecule has 106 valence electrons. The lowest BCUT2D eigenvalue weighted by Gasteiger charge is -2.06. The molecule has 0 heterocycles. The first-order valence-electron chi connectivity index (χ1n) is 7.07. The number of anilines is 2. The van der Waals surface area contributed by atoms with E-state index in [1.165, 1.54) is 0 Å². The van der Waals surface area contributed by atoms with E-state index < -0.39 is 0 Å². The topological polar surface area (TPSA) is 58.2 Å². The van der Waals surface area contributed by atoms with Crippen molar-refractivity contribution < 1.29 is 9.59 Å². The van der Waals surface area contributed by atoms with Gasteiger partial charge in [-0.05, 0) is 49.6 Å². The van der Waals surface area contributed by atoms with Crippen LogP contribution in [-0.4, -0.2) is 11.8 Å². The van der Waals surface area contributed by atoms with Gasteiger partial charge in [0.1, 0.15) is 0 Å². The molecule has 20 heavy (non-hydrogen) atoms. The molecule has 0 unspecified atom stereocenters. The molecule has 0 atom stereocenters. The van der Waals surface area contributed by atoms with Crippen LogP contribution in [0.3, 0.4) is 0 Å². The highest BCUT2D eigenvalue weighted by Gasteiger charge is 2.29. The average Bonchev–Trinajstić information content (AvgIpc) is 3.26. The van der Waals surface area contributed by atoms with Gasteiger partial charge in [-0.3, -0.25) is 9.59 Å². The van der Waals surface area contributed by atoms with Crippen LogP contribution >= 0.6 is 0 Å². The van der Waals surface area contributed by atoms with Crippen molar-refractivity contribution in [2.75, 3.05) is 10.6 Å². The minimum Gasteiger partial charge on any atom is -0.326 e. The van der Waals surface area contributed by atoms with Crippen molar-refractivity contribution in [2.24, 2.45) is 5.92 Å². The van der Waals surface area contributed by atoms with Gasteiger partial charge in [0.2, 0.25) is 11.8 Å². The first kappa shape index (κ1) is 14.3. The zero-order chi connectivity index (χ0) is 14.4. The molecule has 0 radical (unpaired) electrons. The lowest BCUT2D eigenvalue weighted by molar-refractivity contribution is -0.117. The van der Waals surface area contributed by atoms with Gasteiger partial charge in [0.15, 0.2) is 0 Å². The Labute approximate surface area is 119 Å². The summed E-state index contributed by atoms with van der Waals surface area (Å²) in [6, 6.07) is 7.17. The Balaban J connectivity index is 1.84. The van der Waals surface area contributed by atoms with Crippen LogP contribution in [0.1, 0.15) is 32.6 Å².